The van der Waals surface area contributed by atoms with Crippen molar-refractivity contribution in [3.8, 4) is 11.5 Å². The van der Waals surface area contributed by atoms with Crippen LogP contribution in [-0.2, 0) is 0 Å². The maximum absolute atomic E-state index is 5.91. The number of para-hydroxylation sites is 1. The van der Waals surface area contributed by atoms with Crippen LogP contribution in [0, 0.1) is 6.92 Å². The van der Waals surface area contributed by atoms with Gasteiger partial charge in [-0.15, -0.1) is 0 Å². The van der Waals surface area contributed by atoms with E-state index >= 15 is 0 Å². The van der Waals surface area contributed by atoms with E-state index in [-0.39, 0.29) is 0 Å². The van der Waals surface area contributed by atoms with E-state index in [2.05, 4.69) is 39.0 Å². The minimum absolute atomic E-state index is 0.335. The molecule has 0 saturated heterocycles. The van der Waals surface area contributed by atoms with Crippen molar-refractivity contribution < 1.29 is 9.47 Å². The molecular weight excluding hydrogens is 306 g/mol. The van der Waals surface area contributed by atoms with Crippen LogP contribution in [0.25, 0.3) is 0 Å². The summed E-state index contributed by atoms with van der Waals surface area (Å²) in [5.74, 6) is 2.03. The summed E-state index contributed by atoms with van der Waals surface area (Å²) in [6.45, 7) is 7.28. The highest BCUT2D eigenvalue weighted by Crippen LogP contribution is 2.27. The molecule has 3 nitrogen and oxygen atoms in total. The van der Waals surface area contributed by atoms with Crippen LogP contribution < -0.4 is 15.2 Å². The van der Waals surface area contributed by atoms with Crippen molar-refractivity contribution in [1.82, 2.24) is 0 Å². The molecule has 0 aliphatic rings. The Morgan fingerprint density at radius 1 is 1.04 bits per heavy atom. The first-order valence-corrected chi connectivity index (χ1v) is 8.15. The van der Waals surface area contributed by atoms with E-state index in [1.54, 1.807) is 0 Å². The first-order valence-electron chi connectivity index (χ1n) is 7.74. The van der Waals surface area contributed by atoms with Gasteiger partial charge in [0, 0.05) is 0 Å². The molecule has 0 radical (unpaired) electrons. The molecule has 122 valence electrons. The average Bonchev–Trinajstić information content (AvgIpc) is 2.51. The molecule has 2 rings (SSSR count). The van der Waals surface area contributed by atoms with Gasteiger partial charge in [-0.05, 0) is 42.2 Å². The van der Waals surface area contributed by atoms with Crippen molar-refractivity contribution in [3.05, 3.63) is 59.2 Å². The van der Waals surface area contributed by atoms with Gasteiger partial charge in [-0.25, -0.2) is 0 Å². The van der Waals surface area contributed by atoms with Crippen LogP contribution in [0.15, 0.2) is 42.5 Å². The summed E-state index contributed by atoms with van der Waals surface area (Å²) in [6, 6.07) is 13.8. The molecule has 2 N–H and O–H groups in total. The molecule has 0 fully saturated rings. The lowest BCUT2D eigenvalue weighted by atomic mass is 10.0. The van der Waals surface area contributed by atoms with E-state index in [4.69, 9.17) is 27.4 Å². The maximum Gasteiger partial charge on any atom is 0.129 e. The topological polar surface area (TPSA) is 44.5 Å². The minimum Gasteiger partial charge on any atom is -0.490 e. The van der Waals surface area contributed by atoms with Crippen LogP contribution >= 0.6 is 12.2 Å². The Hall–Kier alpha value is -2.07. The molecule has 4 heteroatoms. The van der Waals surface area contributed by atoms with Gasteiger partial charge in [-0.1, -0.05) is 50.3 Å². The molecule has 0 spiro atoms. The Morgan fingerprint density at radius 3 is 2.35 bits per heavy atom. The van der Waals surface area contributed by atoms with Crippen molar-refractivity contribution in [1.29, 1.82) is 0 Å². The Labute approximate surface area is 143 Å². The number of benzene rings is 2. The lowest BCUT2D eigenvalue weighted by Crippen LogP contribution is -2.15. The van der Waals surface area contributed by atoms with Gasteiger partial charge in [0.15, 0.2) is 0 Å². The fourth-order valence-corrected chi connectivity index (χ4v) is 2.51. The molecule has 0 aliphatic heterocycles. The second-order valence-corrected chi connectivity index (χ2v) is 6.19. The molecule has 2 aromatic carbocycles. The summed E-state index contributed by atoms with van der Waals surface area (Å²) in [6.07, 6.45) is 0. The third kappa shape index (κ3) is 4.70. The van der Waals surface area contributed by atoms with E-state index in [1.165, 1.54) is 11.1 Å². The standard InChI is InChI=1S/C19H23NO2S/c1-13(2)15-9-8-14(3)12-18(15)22-11-10-21-17-7-5-4-6-16(17)19(20)23/h4-9,12-13H,10-11H2,1-3H3,(H2,20,23). The van der Waals surface area contributed by atoms with Gasteiger partial charge in [-0.2, -0.15) is 0 Å². The van der Waals surface area contributed by atoms with Gasteiger partial charge in [0.2, 0.25) is 0 Å². The van der Waals surface area contributed by atoms with Crippen molar-refractivity contribution in [2.45, 2.75) is 26.7 Å². The second kappa shape index (κ2) is 7.97. The monoisotopic (exact) mass is 329 g/mol. The number of ether oxygens (including phenoxy) is 2. The van der Waals surface area contributed by atoms with Gasteiger partial charge in [0.25, 0.3) is 0 Å². The quantitative estimate of drug-likeness (QED) is 0.610. The van der Waals surface area contributed by atoms with E-state index < -0.39 is 0 Å². The highest BCUT2D eigenvalue weighted by Gasteiger charge is 2.09. The highest BCUT2D eigenvalue weighted by atomic mass is 32.1. The first-order chi connectivity index (χ1) is 11.0. The van der Waals surface area contributed by atoms with Crippen molar-refractivity contribution in [3.63, 3.8) is 0 Å². The van der Waals surface area contributed by atoms with Gasteiger partial charge >= 0.3 is 0 Å². The molecule has 23 heavy (non-hydrogen) atoms. The third-order valence-electron chi connectivity index (χ3n) is 3.54. The lowest BCUT2D eigenvalue weighted by molar-refractivity contribution is 0.215. The molecular formula is C19H23NO2S. The SMILES string of the molecule is Cc1ccc(C(C)C)c(OCCOc2ccccc2C(N)=S)c1. The van der Waals surface area contributed by atoms with Gasteiger partial charge in [-0.3, -0.25) is 0 Å². The Bertz CT molecular complexity index is 683. The molecule has 2 aromatic rings. The van der Waals surface area contributed by atoms with Crippen LogP contribution in [0.5, 0.6) is 11.5 Å². The van der Waals surface area contributed by atoms with E-state index in [9.17, 15) is 0 Å². The molecule has 0 bridgehead atoms. The van der Waals surface area contributed by atoms with Crippen LogP contribution in [0.2, 0.25) is 0 Å². The summed E-state index contributed by atoms with van der Waals surface area (Å²) in [5.41, 5.74) is 8.84. The zero-order valence-corrected chi connectivity index (χ0v) is 14.7. The van der Waals surface area contributed by atoms with Crippen LogP contribution in [0.1, 0.15) is 36.5 Å². The first kappa shape index (κ1) is 17.3. The summed E-state index contributed by atoms with van der Waals surface area (Å²) < 4.78 is 11.7. The number of hydrogen-bond donors (Lipinski definition) is 1. The molecule has 0 heterocycles. The molecule has 0 saturated carbocycles. The predicted octanol–water partition coefficient (Wildman–Crippen LogP) is 4.21. The van der Waals surface area contributed by atoms with Gasteiger partial charge < -0.3 is 15.2 Å². The molecule has 0 atom stereocenters. The molecule has 0 unspecified atom stereocenters. The van der Waals surface area contributed by atoms with Crippen molar-refractivity contribution >= 4 is 17.2 Å². The number of nitrogens with two attached hydrogens (primary N) is 1. The fraction of sp³-hybridized carbons (Fsp3) is 0.316. The lowest BCUT2D eigenvalue weighted by Gasteiger charge is -2.16. The Balaban J connectivity index is 1.96. The van der Waals surface area contributed by atoms with E-state index in [0.29, 0.717) is 29.9 Å². The minimum atomic E-state index is 0.335. The van der Waals surface area contributed by atoms with Crippen LogP contribution in [-0.4, -0.2) is 18.2 Å². The predicted molar refractivity (Wildman–Crippen MR) is 98.6 cm³/mol. The van der Waals surface area contributed by atoms with E-state index in [0.717, 1.165) is 11.3 Å². The molecule has 0 aromatic heterocycles. The fourth-order valence-electron chi connectivity index (χ4n) is 2.34. The number of rotatable bonds is 7. The van der Waals surface area contributed by atoms with Crippen molar-refractivity contribution in [2.75, 3.05) is 13.2 Å². The molecule has 0 aliphatic carbocycles. The summed E-state index contributed by atoms with van der Waals surface area (Å²) >= 11 is 5.03. The largest absolute Gasteiger partial charge is 0.490 e. The smallest absolute Gasteiger partial charge is 0.129 e. The van der Waals surface area contributed by atoms with Gasteiger partial charge in [0.05, 0.1) is 5.56 Å². The number of hydrogen-bond acceptors (Lipinski definition) is 3. The maximum atomic E-state index is 5.91. The van der Waals surface area contributed by atoms with Crippen molar-refractivity contribution in [2.24, 2.45) is 5.73 Å². The number of aryl methyl sites for hydroxylation is 1. The summed E-state index contributed by atoms with van der Waals surface area (Å²) in [4.78, 5) is 0.335. The summed E-state index contributed by atoms with van der Waals surface area (Å²) in [5, 5.41) is 0. The van der Waals surface area contributed by atoms with Crippen LogP contribution in [0.3, 0.4) is 0 Å². The molecule has 0 amide bonds. The summed E-state index contributed by atoms with van der Waals surface area (Å²) in [7, 11) is 0. The van der Waals surface area contributed by atoms with Gasteiger partial charge in [0.1, 0.15) is 29.7 Å². The average molecular weight is 329 g/mol. The zero-order chi connectivity index (χ0) is 16.8. The second-order valence-electron chi connectivity index (χ2n) is 5.75. The highest BCUT2D eigenvalue weighted by molar-refractivity contribution is 7.80. The Morgan fingerprint density at radius 2 is 1.70 bits per heavy atom. The Kier molecular flexibility index (Phi) is 5.99. The normalized spacial score (nSPS) is 10.6. The third-order valence-corrected chi connectivity index (χ3v) is 3.76. The number of thiocarbonyl (C=S) groups is 1. The van der Waals surface area contributed by atoms with E-state index in [1.807, 2.05) is 24.3 Å². The van der Waals surface area contributed by atoms with Crippen LogP contribution in [0.4, 0.5) is 0 Å². The zero-order valence-electron chi connectivity index (χ0n) is 13.8.